The largest absolute Gasteiger partial charge is 0.454 e. The number of nitrogens with one attached hydrogen (secondary N) is 1. The second kappa shape index (κ2) is 5.87. The summed E-state index contributed by atoms with van der Waals surface area (Å²) >= 11 is 4.96. The van der Waals surface area contributed by atoms with Crippen LogP contribution < -0.4 is 14.9 Å². The fourth-order valence-electron chi connectivity index (χ4n) is 1.82. The molecule has 0 unspecified atom stereocenters. The lowest BCUT2D eigenvalue weighted by atomic mass is 10.2. The maximum absolute atomic E-state index is 11.8. The van der Waals surface area contributed by atoms with Gasteiger partial charge in [0.1, 0.15) is 0 Å². The minimum Gasteiger partial charge on any atom is -0.454 e. The van der Waals surface area contributed by atoms with Crippen molar-refractivity contribution in [1.82, 2.24) is 5.43 Å². The number of amides is 1. The summed E-state index contributed by atoms with van der Waals surface area (Å²) in [4.78, 5) is 12.9. The third-order valence-corrected chi connectivity index (χ3v) is 4.40. The highest BCUT2D eigenvalue weighted by molar-refractivity contribution is 9.10. The highest BCUT2D eigenvalue weighted by atomic mass is 79.9. The Kier molecular flexibility index (Phi) is 3.94. The molecule has 1 aromatic carbocycles. The molecule has 0 bridgehead atoms. The van der Waals surface area contributed by atoms with Crippen LogP contribution in [-0.4, -0.2) is 18.9 Å². The van der Waals surface area contributed by atoms with Crippen LogP contribution in [0.2, 0.25) is 0 Å². The molecule has 0 aliphatic carbocycles. The van der Waals surface area contributed by atoms with Gasteiger partial charge in [0.25, 0.3) is 5.91 Å². The van der Waals surface area contributed by atoms with Crippen LogP contribution in [0.1, 0.15) is 20.8 Å². The number of aryl methyl sites for hydroxylation is 1. The van der Waals surface area contributed by atoms with Crippen molar-refractivity contribution in [1.29, 1.82) is 0 Å². The Balaban J connectivity index is 1.70. The maximum atomic E-state index is 11.8. The molecule has 1 aromatic heterocycles. The molecule has 1 amide bonds. The minimum atomic E-state index is -0.229. The average Bonchev–Trinajstić information content (AvgIpc) is 3.07. The molecule has 1 aliphatic heterocycles. The Labute approximate surface area is 133 Å². The highest BCUT2D eigenvalue weighted by Crippen LogP contribution is 2.36. The number of hydrogen-bond acceptors (Lipinski definition) is 5. The third kappa shape index (κ3) is 3.08. The van der Waals surface area contributed by atoms with E-state index in [-0.39, 0.29) is 12.7 Å². The zero-order chi connectivity index (χ0) is 14.8. The van der Waals surface area contributed by atoms with Crippen molar-refractivity contribution in [2.45, 2.75) is 6.92 Å². The molecule has 1 aliphatic rings. The molecule has 21 heavy (non-hydrogen) atoms. The summed E-state index contributed by atoms with van der Waals surface area (Å²) in [6, 6.07) is 5.44. The van der Waals surface area contributed by atoms with Gasteiger partial charge in [-0.15, -0.1) is 11.3 Å². The van der Waals surface area contributed by atoms with E-state index < -0.39 is 0 Å². The zero-order valence-electron chi connectivity index (χ0n) is 11.1. The van der Waals surface area contributed by atoms with E-state index in [2.05, 4.69) is 26.5 Å². The second-order valence-corrected chi connectivity index (χ2v) is 6.34. The third-order valence-electron chi connectivity index (χ3n) is 2.85. The number of hydrogen-bond donors (Lipinski definition) is 1. The summed E-state index contributed by atoms with van der Waals surface area (Å²) in [5, 5.41) is 5.77. The van der Waals surface area contributed by atoms with Crippen molar-refractivity contribution >= 4 is 39.4 Å². The molecule has 108 valence electrons. The molecule has 3 rings (SSSR count). The number of carbonyl (C=O) groups excluding carboxylic acids is 1. The van der Waals surface area contributed by atoms with Gasteiger partial charge in [-0.2, -0.15) is 5.10 Å². The molecule has 2 heterocycles. The maximum Gasteiger partial charge on any atom is 0.272 e. The van der Waals surface area contributed by atoms with Crippen LogP contribution in [0.4, 0.5) is 0 Å². The summed E-state index contributed by atoms with van der Waals surface area (Å²) in [7, 11) is 0. The summed E-state index contributed by atoms with van der Waals surface area (Å²) in [6.45, 7) is 2.17. The molecular formula is C14H11BrN2O3S. The minimum absolute atomic E-state index is 0.219. The van der Waals surface area contributed by atoms with E-state index in [0.717, 1.165) is 14.9 Å². The van der Waals surface area contributed by atoms with Gasteiger partial charge in [0.15, 0.2) is 11.5 Å². The molecule has 0 fully saturated rings. The number of carbonyl (C=O) groups is 1. The van der Waals surface area contributed by atoms with Crippen molar-refractivity contribution in [3.63, 3.8) is 0 Å². The predicted octanol–water partition coefficient (Wildman–Crippen LogP) is 3.31. The topological polar surface area (TPSA) is 59.9 Å². The van der Waals surface area contributed by atoms with Crippen LogP contribution >= 0.6 is 27.3 Å². The number of benzene rings is 1. The molecule has 0 radical (unpaired) electrons. The lowest BCUT2D eigenvalue weighted by Gasteiger charge is -2.01. The van der Waals surface area contributed by atoms with E-state index in [0.29, 0.717) is 17.1 Å². The molecule has 0 saturated heterocycles. The second-order valence-electron chi connectivity index (χ2n) is 4.37. The van der Waals surface area contributed by atoms with Gasteiger partial charge >= 0.3 is 0 Å². The van der Waals surface area contributed by atoms with E-state index in [1.807, 2.05) is 19.1 Å². The van der Waals surface area contributed by atoms with Crippen molar-refractivity contribution in [2.75, 3.05) is 6.79 Å². The van der Waals surface area contributed by atoms with Gasteiger partial charge in [0, 0.05) is 20.3 Å². The number of halogens is 1. The van der Waals surface area contributed by atoms with E-state index in [4.69, 9.17) is 9.47 Å². The van der Waals surface area contributed by atoms with Crippen molar-refractivity contribution in [3.05, 3.63) is 44.1 Å². The first-order valence-corrected chi connectivity index (χ1v) is 7.78. The number of rotatable bonds is 3. The van der Waals surface area contributed by atoms with Crippen molar-refractivity contribution in [2.24, 2.45) is 5.10 Å². The van der Waals surface area contributed by atoms with Crippen LogP contribution in [0.15, 0.2) is 33.2 Å². The lowest BCUT2D eigenvalue weighted by Crippen LogP contribution is -2.16. The van der Waals surface area contributed by atoms with Crippen LogP contribution in [0.25, 0.3) is 0 Å². The quantitative estimate of drug-likeness (QED) is 0.669. The summed E-state index contributed by atoms with van der Waals surface area (Å²) in [5.41, 5.74) is 3.90. The van der Waals surface area contributed by atoms with Gasteiger partial charge in [0.2, 0.25) is 6.79 Å². The van der Waals surface area contributed by atoms with Gasteiger partial charge < -0.3 is 9.47 Å². The Bertz CT molecular complexity index is 727. The Morgan fingerprint density at radius 3 is 2.86 bits per heavy atom. The first-order chi connectivity index (χ1) is 10.1. The van der Waals surface area contributed by atoms with Gasteiger partial charge in [-0.25, -0.2) is 5.43 Å². The number of ether oxygens (including phenoxy) is 2. The van der Waals surface area contributed by atoms with E-state index in [9.17, 15) is 4.79 Å². The first kappa shape index (κ1) is 14.1. The van der Waals surface area contributed by atoms with E-state index in [1.165, 1.54) is 11.3 Å². The zero-order valence-corrected chi connectivity index (χ0v) is 13.5. The van der Waals surface area contributed by atoms with Crippen LogP contribution in [0.5, 0.6) is 11.5 Å². The first-order valence-electron chi connectivity index (χ1n) is 6.11. The van der Waals surface area contributed by atoms with Gasteiger partial charge in [-0.05, 0) is 41.1 Å². The molecule has 1 N–H and O–H groups in total. The highest BCUT2D eigenvalue weighted by Gasteiger charge is 2.15. The Hall–Kier alpha value is -1.86. The number of hydrazone groups is 1. The molecule has 0 spiro atoms. The normalized spacial score (nSPS) is 12.9. The average molecular weight is 367 g/mol. The standard InChI is InChI=1S/C14H11BrN2O3S/c1-8-2-10(6-21-8)14(18)17-16-5-9-3-12-13(4-11(9)15)20-7-19-12/h2-6H,7H2,1H3,(H,17,18)/b16-5+. The van der Waals surface area contributed by atoms with Crippen molar-refractivity contribution < 1.29 is 14.3 Å². The number of thiophene rings is 1. The van der Waals surface area contributed by atoms with Gasteiger partial charge in [-0.3, -0.25) is 4.79 Å². The molecule has 7 heteroatoms. The molecule has 2 aromatic rings. The van der Waals surface area contributed by atoms with E-state index in [1.54, 1.807) is 17.7 Å². The Morgan fingerprint density at radius 2 is 2.14 bits per heavy atom. The molecule has 5 nitrogen and oxygen atoms in total. The fraction of sp³-hybridized carbons (Fsp3) is 0.143. The summed E-state index contributed by atoms with van der Waals surface area (Å²) in [5.74, 6) is 1.13. The van der Waals surface area contributed by atoms with Crippen LogP contribution in [-0.2, 0) is 0 Å². The fourth-order valence-corrected chi connectivity index (χ4v) is 2.93. The predicted molar refractivity (Wildman–Crippen MR) is 84.4 cm³/mol. The SMILES string of the molecule is Cc1cc(C(=O)N/N=C/c2cc3c(cc2Br)OCO3)cs1. The van der Waals surface area contributed by atoms with Gasteiger partial charge in [-0.1, -0.05) is 0 Å². The molecule has 0 saturated carbocycles. The molecule has 0 atom stereocenters. The number of nitrogens with zero attached hydrogens (tertiary/aromatic N) is 1. The van der Waals surface area contributed by atoms with E-state index >= 15 is 0 Å². The molecular weight excluding hydrogens is 356 g/mol. The summed E-state index contributed by atoms with van der Waals surface area (Å²) in [6.07, 6.45) is 1.56. The Morgan fingerprint density at radius 1 is 1.38 bits per heavy atom. The monoisotopic (exact) mass is 366 g/mol. The van der Waals surface area contributed by atoms with Crippen LogP contribution in [0.3, 0.4) is 0 Å². The number of fused-ring (bicyclic) bond motifs is 1. The lowest BCUT2D eigenvalue weighted by molar-refractivity contribution is 0.0955. The summed E-state index contributed by atoms with van der Waals surface area (Å²) < 4.78 is 11.4. The van der Waals surface area contributed by atoms with Crippen LogP contribution in [0, 0.1) is 6.92 Å². The van der Waals surface area contributed by atoms with Crippen molar-refractivity contribution in [3.8, 4) is 11.5 Å². The van der Waals surface area contributed by atoms with Gasteiger partial charge in [0.05, 0.1) is 11.8 Å². The smallest absolute Gasteiger partial charge is 0.272 e.